The minimum absolute atomic E-state index is 0.0236. The summed E-state index contributed by atoms with van der Waals surface area (Å²) in [5.41, 5.74) is 1.30. The molecule has 1 aliphatic heterocycles. The van der Waals surface area contributed by atoms with Crippen LogP contribution in [-0.4, -0.2) is 66.1 Å². The van der Waals surface area contributed by atoms with E-state index in [4.69, 9.17) is 4.74 Å². The summed E-state index contributed by atoms with van der Waals surface area (Å²) in [7, 11) is 0. The normalized spacial score (nSPS) is 20.0. The lowest BCUT2D eigenvalue weighted by molar-refractivity contribution is -0.0587. The highest BCUT2D eigenvalue weighted by molar-refractivity contribution is 5.92. The van der Waals surface area contributed by atoms with Crippen molar-refractivity contribution in [2.24, 2.45) is 0 Å². The summed E-state index contributed by atoms with van der Waals surface area (Å²) in [6, 6.07) is 11.4. The second-order valence-electron chi connectivity index (χ2n) is 6.70. The Kier molecular flexibility index (Phi) is 4.68. The molecule has 2 aromatic heterocycles. The zero-order chi connectivity index (χ0) is 18.8. The molecule has 1 fully saturated rings. The molecule has 2 unspecified atom stereocenters. The SMILES string of the molecule is CC1CN(C(=O)c2ccn(Cn3nnc(-c4ccccc4)n3)n2)CC(C)O1. The van der Waals surface area contributed by atoms with Crippen molar-refractivity contribution in [3.8, 4) is 11.4 Å². The fourth-order valence-corrected chi connectivity index (χ4v) is 3.20. The molecule has 27 heavy (non-hydrogen) atoms. The lowest BCUT2D eigenvalue weighted by atomic mass is 10.2. The number of morpholine rings is 1. The summed E-state index contributed by atoms with van der Waals surface area (Å²) < 4.78 is 7.30. The van der Waals surface area contributed by atoms with Crippen LogP contribution >= 0.6 is 0 Å². The summed E-state index contributed by atoms with van der Waals surface area (Å²) in [5.74, 6) is 0.461. The fraction of sp³-hybridized carbons (Fsp3) is 0.389. The van der Waals surface area contributed by atoms with Crippen LogP contribution in [-0.2, 0) is 11.4 Å². The van der Waals surface area contributed by atoms with Crippen molar-refractivity contribution in [1.82, 2.24) is 34.9 Å². The third-order valence-corrected chi connectivity index (χ3v) is 4.32. The molecule has 9 heteroatoms. The monoisotopic (exact) mass is 367 g/mol. The van der Waals surface area contributed by atoms with E-state index in [0.717, 1.165) is 5.56 Å². The van der Waals surface area contributed by atoms with Crippen molar-refractivity contribution in [2.75, 3.05) is 13.1 Å². The van der Waals surface area contributed by atoms with Crippen molar-refractivity contribution >= 4 is 5.91 Å². The van der Waals surface area contributed by atoms with Gasteiger partial charge in [-0.1, -0.05) is 30.3 Å². The van der Waals surface area contributed by atoms with Gasteiger partial charge < -0.3 is 9.64 Å². The Labute approximate surface area is 156 Å². The average Bonchev–Trinajstić information content (AvgIpc) is 3.31. The zero-order valence-electron chi connectivity index (χ0n) is 15.3. The first kappa shape index (κ1) is 17.3. The van der Waals surface area contributed by atoms with E-state index in [0.29, 0.717) is 24.6 Å². The minimum Gasteiger partial charge on any atom is -0.372 e. The number of hydrogen-bond donors (Lipinski definition) is 0. The van der Waals surface area contributed by atoms with Gasteiger partial charge in [0.1, 0.15) is 5.69 Å². The Morgan fingerprint density at radius 2 is 1.85 bits per heavy atom. The number of tetrazole rings is 1. The number of nitrogens with zero attached hydrogens (tertiary/aromatic N) is 7. The molecule has 0 radical (unpaired) electrons. The highest BCUT2D eigenvalue weighted by Gasteiger charge is 2.27. The molecular formula is C18H21N7O2. The average molecular weight is 367 g/mol. The maximum Gasteiger partial charge on any atom is 0.274 e. The zero-order valence-corrected chi connectivity index (χ0v) is 15.3. The predicted octanol–water partition coefficient (Wildman–Crippen LogP) is 1.29. The number of carbonyl (C=O) groups excluding carboxylic acids is 1. The Bertz CT molecular complexity index is 911. The van der Waals surface area contributed by atoms with Crippen LogP contribution in [0.25, 0.3) is 11.4 Å². The lowest BCUT2D eigenvalue weighted by Crippen LogP contribution is -2.48. The second-order valence-corrected chi connectivity index (χ2v) is 6.70. The van der Waals surface area contributed by atoms with E-state index in [-0.39, 0.29) is 24.8 Å². The van der Waals surface area contributed by atoms with Crippen molar-refractivity contribution in [2.45, 2.75) is 32.7 Å². The summed E-state index contributed by atoms with van der Waals surface area (Å²) in [6.07, 6.45) is 1.79. The van der Waals surface area contributed by atoms with E-state index in [1.165, 1.54) is 4.80 Å². The van der Waals surface area contributed by atoms with Crippen LogP contribution in [0.3, 0.4) is 0 Å². The molecule has 0 spiro atoms. The van der Waals surface area contributed by atoms with Gasteiger partial charge in [-0.15, -0.1) is 15.0 Å². The number of ether oxygens (including phenoxy) is 1. The maximum atomic E-state index is 12.7. The second kappa shape index (κ2) is 7.28. The van der Waals surface area contributed by atoms with E-state index < -0.39 is 0 Å². The molecule has 2 atom stereocenters. The summed E-state index contributed by atoms with van der Waals surface area (Å²) in [4.78, 5) is 15.9. The van der Waals surface area contributed by atoms with Crippen molar-refractivity contribution in [3.63, 3.8) is 0 Å². The standard InChI is InChI=1S/C18H21N7O2/c1-13-10-23(11-14(2)27-13)18(26)16-8-9-24(20-16)12-25-21-17(19-22-25)15-6-4-3-5-7-15/h3-9,13-14H,10-12H2,1-2H3. The predicted molar refractivity (Wildman–Crippen MR) is 96.8 cm³/mol. The maximum absolute atomic E-state index is 12.7. The lowest BCUT2D eigenvalue weighted by Gasteiger charge is -2.34. The van der Waals surface area contributed by atoms with E-state index in [1.807, 2.05) is 44.2 Å². The van der Waals surface area contributed by atoms with Crippen LogP contribution in [0.2, 0.25) is 0 Å². The van der Waals surface area contributed by atoms with E-state index in [1.54, 1.807) is 21.8 Å². The van der Waals surface area contributed by atoms with Crippen LogP contribution in [0.15, 0.2) is 42.6 Å². The van der Waals surface area contributed by atoms with Crippen LogP contribution in [0.5, 0.6) is 0 Å². The third-order valence-electron chi connectivity index (χ3n) is 4.32. The first-order valence-corrected chi connectivity index (χ1v) is 8.90. The number of aromatic nitrogens is 6. The molecule has 9 nitrogen and oxygen atoms in total. The number of benzene rings is 1. The fourth-order valence-electron chi connectivity index (χ4n) is 3.20. The Morgan fingerprint density at radius 3 is 2.59 bits per heavy atom. The number of rotatable bonds is 4. The number of amides is 1. The quantitative estimate of drug-likeness (QED) is 0.690. The molecule has 140 valence electrons. The van der Waals surface area contributed by atoms with Crippen LogP contribution in [0.1, 0.15) is 24.3 Å². The van der Waals surface area contributed by atoms with Gasteiger partial charge >= 0.3 is 0 Å². The van der Waals surface area contributed by atoms with Gasteiger partial charge in [0.05, 0.1) is 12.2 Å². The molecule has 1 aliphatic rings. The first-order chi connectivity index (χ1) is 13.1. The molecule has 1 aromatic carbocycles. The summed E-state index contributed by atoms with van der Waals surface area (Å²) >= 11 is 0. The van der Waals surface area contributed by atoms with Gasteiger partial charge in [-0.05, 0) is 25.1 Å². The smallest absolute Gasteiger partial charge is 0.274 e. The van der Waals surface area contributed by atoms with E-state index in [2.05, 4.69) is 20.5 Å². The molecule has 0 aliphatic carbocycles. The summed E-state index contributed by atoms with van der Waals surface area (Å²) in [5, 5.41) is 16.9. The molecule has 1 saturated heterocycles. The van der Waals surface area contributed by atoms with Crippen LogP contribution in [0, 0.1) is 0 Å². The molecule has 0 N–H and O–H groups in total. The Balaban J connectivity index is 1.44. The van der Waals surface area contributed by atoms with Crippen LogP contribution < -0.4 is 0 Å². The largest absolute Gasteiger partial charge is 0.372 e. The van der Waals surface area contributed by atoms with Gasteiger partial charge in [-0.3, -0.25) is 4.79 Å². The highest BCUT2D eigenvalue weighted by atomic mass is 16.5. The van der Waals surface area contributed by atoms with Gasteiger partial charge in [0.25, 0.3) is 5.91 Å². The molecule has 0 saturated carbocycles. The van der Waals surface area contributed by atoms with Crippen molar-refractivity contribution in [3.05, 3.63) is 48.3 Å². The highest BCUT2D eigenvalue weighted by Crippen LogP contribution is 2.14. The van der Waals surface area contributed by atoms with Crippen molar-refractivity contribution < 1.29 is 9.53 Å². The summed E-state index contributed by atoms with van der Waals surface area (Å²) in [6.45, 7) is 5.36. The third kappa shape index (κ3) is 3.87. The van der Waals surface area contributed by atoms with Gasteiger partial charge in [0.2, 0.25) is 5.82 Å². The molecule has 3 aromatic rings. The van der Waals surface area contributed by atoms with E-state index >= 15 is 0 Å². The molecule has 4 rings (SSSR count). The van der Waals surface area contributed by atoms with Gasteiger partial charge in [0, 0.05) is 24.8 Å². The Morgan fingerprint density at radius 1 is 1.11 bits per heavy atom. The van der Waals surface area contributed by atoms with E-state index in [9.17, 15) is 4.79 Å². The molecular weight excluding hydrogens is 346 g/mol. The van der Waals surface area contributed by atoms with Gasteiger partial charge in [0.15, 0.2) is 6.67 Å². The van der Waals surface area contributed by atoms with Gasteiger partial charge in [-0.25, -0.2) is 4.68 Å². The van der Waals surface area contributed by atoms with Crippen LogP contribution in [0.4, 0.5) is 0 Å². The first-order valence-electron chi connectivity index (χ1n) is 8.90. The Hall–Kier alpha value is -3.07. The number of hydrogen-bond acceptors (Lipinski definition) is 6. The molecule has 1 amide bonds. The van der Waals surface area contributed by atoms with Gasteiger partial charge in [-0.2, -0.15) is 5.10 Å². The van der Waals surface area contributed by atoms with Crippen molar-refractivity contribution in [1.29, 1.82) is 0 Å². The number of carbonyl (C=O) groups is 1. The molecule has 3 heterocycles. The minimum atomic E-state index is -0.0905. The topological polar surface area (TPSA) is 91.0 Å². The molecule has 0 bridgehead atoms.